The Morgan fingerprint density at radius 3 is 3.04 bits per heavy atom. The predicted octanol–water partition coefficient (Wildman–Crippen LogP) is 3.86. The summed E-state index contributed by atoms with van der Waals surface area (Å²) in [6.07, 6.45) is 5.78. The second-order valence-electron chi connectivity index (χ2n) is 6.77. The molecular formula is C20H18FN5O. The van der Waals surface area contributed by atoms with Crippen molar-refractivity contribution in [2.45, 2.75) is 25.4 Å². The summed E-state index contributed by atoms with van der Waals surface area (Å²) < 4.78 is 21.1. The van der Waals surface area contributed by atoms with Gasteiger partial charge in [0.25, 0.3) is 0 Å². The van der Waals surface area contributed by atoms with Crippen LogP contribution in [0, 0.1) is 5.82 Å². The van der Waals surface area contributed by atoms with E-state index in [0.29, 0.717) is 18.0 Å². The number of hydrogen-bond acceptors (Lipinski definition) is 5. The van der Waals surface area contributed by atoms with Gasteiger partial charge in [-0.25, -0.2) is 9.37 Å². The van der Waals surface area contributed by atoms with E-state index in [4.69, 9.17) is 4.42 Å². The summed E-state index contributed by atoms with van der Waals surface area (Å²) in [7, 11) is 0. The molecule has 1 aromatic carbocycles. The molecule has 1 saturated heterocycles. The number of halogens is 1. The number of aromatic nitrogens is 4. The molecule has 6 nitrogen and oxygen atoms in total. The van der Waals surface area contributed by atoms with E-state index in [1.165, 1.54) is 12.1 Å². The van der Waals surface area contributed by atoms with E-state index in [1.807, 2.05) is 28.8 Å². The average molecular weight is 363 g/mol. The fraction of sp³-hybridized carbons (Fsp3) is 0.250. The first kappa shape index (κ1) is 16.1. The van der Waals surface area contributed by atoms with Crippen LogP contribution in [0.4, 0.5) is 4.39 Å². The van der Waals surface area contributed by atoms with Crippen molar-refractivity contribution in [1.29, 1.82) is 0 Å². The lowest BCUT2D eigenvalue weighted by Gasteiger charge is -2.21. The Morgan fingerprint density at radius 1 is 1.15 bits per heavy atom. The minimum absolute atomic E-state index is 0.191. The monoisotopic (exact) mass is 363 g/mol. The van der Waals surface area contributed by atoms with E-state index in [0.717, 1.165) is 36.6 Å². The molecule has 4 aromatic rings. The maximum atomic E-state index is 13.4. The van der Waals surface area contributed by atoms with Gasteiger partial charge in [0.2, 0.25) is 5.89 Å². The zero-order chi connectivity index (χ0) is 18.2. The van der Waals surface area contributed by atoms with Gasteiger partial charge < -0.3 is 4.42 Å². The van der Waals surface area contributed by atoms with E-state index in [1.54, 1.807) is 18.4 Å². The molecule has 0 spiro atoms. The molecule has 0 aliphatic carbocycles. The number of benzene rings is 1. The van der Waals surface area contributed by atoms with Crippen LogP contribution in [0.25, 0.3) is 17.1 Å². The Bertz CT molecular complexity index is 1090. The highest BCUT2D eigenvalue weighted by molar-refractivity contribution is 5.52. The van der Waals surface area contributed by atoms with Gasteiger partial charge in [-0.1, -0.05) is 12.1 Å². The minimum Gasteiger partial charge on any atom is -0.444 e. The Balaban J connectivity index is 1.39. The van der Waals surface area contributed by atoms with Crippen LogP contribution in [0.1, 0.15) is 30.4 Å². The van der Waals surface area contributed by atoms with Gasteiger partial charge >= 0.3 is 0 Å². The molecule has 7 heteroatoms. The molecule has 0 N–H and O–H groups in total. The highest BCUT2D eigenvalue weighted by atomic mass is 19.1. The fourth-order valence-electron chi connectivity index (χ4n) is 3.74. The third-order valence-corrected chi connectivity index (χ3v) is 4.99. The Kier molecular flexibility index (Phi) is 3.94. The molecule has 0 amide bonds. The lowest BCUT2D eigenvalue weighted by molar-refractivity contribution is 0.236. The molecule has 0 bridgehead atoms. The molecule has 1 aliphatic heterocycles. The summed E-state index contributed by atoms with van der Waals surface area (Å²) in [5.74, 6) is 1.09. The molecule has 1 fully saturated rings. The number of nitrogens with zero attached hydrogens (tertiary/aromatic N) is 5. The SMILES string of the molecule is Fc1cccc(-c2nc(CN3CCC[C@@H]3c3nnc4ccccn34)co2)c1. The number of likely N-dealkylation sites (tertiary alicyclic amines) is 1. The summed E-state index contributed by atoms with van der Waals surface area (Å²) >= 11 is 0. The molecule has 0 saturated carbocycles. The van der Waals surface area contributed by atoms with Crippen molar-refractivity contribution in [3.8, 4) is 11.5 Å². The van der Waals surface area contributed by atoms with Gasteiger partial charge in [0.05, 0.1) is 11.7 Å². The summed E-state index contributed by atoms with van der Waals surface area (Å²) in [5.41, 5.74) is 2.33. The molecular weight excluding hydrogens is 345 g/mol. The van der Waals surface area contributed by atoms with Crippen molar-refractivity contribution < 1.29 is 8.81 Å². The van der Waals surface area contributed by atoms with Crippen LogP contribution in [-0.2, 0) is 6.54 Å². The standard InChI is InChI=1S/C20H18FN5O/c21-15-6-3-5-14(11-15)20-22-16(13-27-20)12-25-9-4-7-17(25)19-24-23-18-8-1-2-10-26(18)19/h1-3,5-6,8,10-11,13,17H,4,7,9,12H2/t17-/m1/s1. The largest absolute Gasteiger partial charge is 0.444 e. The number of pyridine rings is 1. The Morgan fingerprint density at radius 2 is 2.11 bits per heavy atom. The average Bonchev–Trinajstić information content (AvgIpc) is 3.41. The van der Waals surface area contributed by atoms with Crippen LogP contribution in [-0.4, -0.2) is 31.0 Å². The van der Waals surface area contributed by atoms with Gasteiger partial charge in [0.15, 0.2) is 11.5 Å². The topological polar surface area (TPSA) is 59.5 Å². The van der Waals surface area contributed by atoms with E-state index >= 15 is 0 Å². The lowest BCUT2D eigenvalue weighted by Crippen LogP contribution is -2.24. The summed E-state index contributed by atoms with van der Waals surface area (Å²) in [6.45, 7) is 1.62. The Hall–Kier alpha value is -3.06. The molecule has 5 rings (SSSR count). The van der Waals surface area contributed by atoms with E-state index in [9.17, 15) is 4.39 Å². The molecule has 136 valence electrons. The van der Waals surface area contributed by atoms with Gasteiger partial charge in [-0.15, -0.1) is 10.2 Å². The second kappa shape index (κ2) is 6.59. The Labute approximate surface area is 155 Å². The third-order valence-electron chi connectivity index (χ3n) is 4.99. The van der Waals surface area contributed by atoms with Gasteiger partial charge in [0, 0.05) is 18.3 Å². The predicted molar refractivity (Wildman–Crippen MR) is 97.3 cm³/mol. The molecule has 1 aliphatic rings. The second-order valence-corrected chi connectivity index (χ2v) is 6.77. The number of fused-ring (bicyclic) bond motifs is 1. The minimum atomic E-state index is -0.300. The van der Waals surface area contributed by atoms with E-state index in [2.05, 4.69) is 20.1 Å². The fourth-order valence-corrected chi connectivity index (χ4v) is 3.74. The first-order valence-corrected chi connectivity index (χ1v) is 9.02. The van der Waals surface area contributed by atoms with Crippen molar-refractivity contribution in [2.24, 2.45) is 0 Å². The summed E-state index contributed by atoms with van der Waals surface area (Å²) in [4.78, 5) is 6.89. The van der Waals surface area contributed by atoms with Gasteiger partial charge in [0.1, 0.15) is 12.1 Å². The molecule has 4 heterocycles. The summed E-state index contributed by atoms with van der Waals surface area (Å²) in [5, 5.41) is 8.69. The molecule has 0 radical (unpaired) electrons. The number of hydrogen-bond donors (Lipinski definition) is 0. The maximum Gasteiger partial charge on any atom is 0.226 e. The van der Waals surface area contributed by atoms with E-state index < -0.39 is 0 Å². The van der Waals surface area contributed by atoms with Crippen molar-refractivity contribution in [3.05, 3.63) is 72.3 Å². The van der Waals surface area contributed by atoms with Gasteiger partial charge in [-0.05, 0) is 49.7 Å². The summed E-state index contributed by atoms with van der Waals surface area (Å²) in [6, 6.07) is 12.4. The van der Waals surface area contributed by atoms with Crippen molar-refractivity contribution in [3.63, 3.8) is 0 Å². The zero-order valence-corrected chi connectivity index (χ0v) is 14.6. The van der Waals surface area contributed by atoms with E-state index in [-0.39, 0.29) is 11.9 Å². The molecule has 3 aromatic heterocycles. The molecule has 1 atom stereocenters. The van der Waals surface area contributed by atoms with Gasteiger partial charge in [-0.2, -0.15) is 0 Å². The maximum absolute atomic E-state index is 13.4. The first-order valence-electron chi connectivity index (χ1n) is 9.02. The van der Waals surface area contributed by atoms with Crippen LogP contribution in [0.5, 0.6) is 0 Å². The third kappa shape index (κ3) is 3.00. The van der Waals surface area contributed by atoms with Crippen LogP contribution < -0.4 is 0 Å². The molecule has 27 heavy (non-hydrogen) atoms. The van der Waals surface area contributed by atoms with Gasteiger partial charge in [-0.3, -0.25) is 9.30 Å². The highest BCUT2D eigenvalue weighted by Gasteiger charge is 2.30. The first-order chi connectivity index (χ1) is 13.3. The smallest absolute Gasteiger partial charge is 0.226 e. The zero-order valence-electron chi connectivity index (χ0n) is 14.6. The van der Waals surface area contributed by atoms with Crippen molar-refractivity contribution in [2.75, 3.05) is 6.54 Å². The highest BCUT2D eigenvalue weighted by Crippen LogP contribution is 2.32. The van der Waals surface area contributed by atoms with Crippen LogP contribution in [0.3, 0.4) is 0 Å². The quantitative estimate of drug-likeness (QED) is 0.551. The van der Waals surface area contributed by atoms with Crippen LogP contribution in [0.2, 0.25) is 0 Å². The van der Waals surface area contributed by atoms with Crippen LogP contribution >= 0.6 is 0 Å². The number of rotatable bonds is 4. The van der Waals surface area contributed by atoms with Crippen molar-refractivity contribution >= 4 is 5.65 Å². The van der Waals surface area contributed by atoms with Crippen molar-refractivity contribution in [1.82, 2.24) is 24.5 Å². The normalized spacial score (nSPS) is 17.7. The molecule has 0 unspecified atom stereocenters. The van der Waals surface area contributed by atoms with Crippen LogP contribution in [0.15, 0.2) is 59.3 Å². The lowest BCUT2D eigenvalue weighted by atomic mass is 10.2. The number of oxazole rings is 1.